The van der Waals surface area contributed by atoms with Gasteiger partial charge in [0.2, 0.25) is 0 Å². The first-order chi connectivity index (χ1) is 13.1. The minimum absolute atomic E-state index is 0.121. The number of hydrogen-bond donors (Lipinski definition) is 2. The second kappa shape index (κ2) is 8.68. The predicted molar refractivity (Wildman–Crippen MR) is 101 cm³/mol. The third-order valence-electron chi connectivity index (χ3n) is 4.78. The number of carbonyl (C=O) groups is 2. The van der Waals surface area contributed by atoms with Gasteiger partial charge < -0.3 is 19.9 Å². The molecule has 6 heteroatoms. The van der Waals surface area contributed by atoms with E-state index < -0.39 is 5.97 Å². The van der Waals surface area contributed by atoms with E-state index in [1.807, 2.05) is 12.1 Å². The van der Waals surface area contributed by atoms with Crippen LogP contribution in [0.4, 0.5) is 0 Å². The van der Waals surface area contributed by atoms with Crippen LogP contribution in [0.3, 0.4) is 0 Å². The van der Waals surface area contributed by atoms with Gasteiger partial charge in [-0.2, -0.15) is 0 Å². The Hall–Kier alpha value is -2.86. The van der Waals surface area contributed by atoms with Gasteiger partial charge in [0.1, 0.15) is 5.75 Å². The van der Waals surface area contributed by atoms with Gasteiger partial charge in [-0.15, -0.1) is 0 Å². The van der Waals surface area contributed by atoms with E-state index in [-0.39, 0.29) is 11.5 Å². The number of hydrogen-bond acceptors (Lipinski definition) is 4. The van der Waals surface area contributed by atoms with Gasteiger partial charge in [-0.1, -0.05) is 12.1 Å². The smallest absolute Gasteiger partial charge is 0.335 e. The summed E-state index contributed by atoms with van der Waals surface area (Å²) in [4.78, 5) is 23.7. The molecule has 1 aliphatic rings. The van der Waals surface area contributed by atoms with E-state index in [0.717, 1.165) is 37.2 Å². The predicted octanol–water partition coefficient (Wildman–Crippen LogP) is 3.22. The topological polar surface area (TPSA) is 84.9 Å². The second-order valence-corrected chi connectivity index (χ2v) is 6.57. The van der Waals surface area contributed by atoms with Gasteiger partial charge in [0.25, 0.3) is 5.91 Å². The van der Waals surface area contributed by atoms with E-state index in [4.69, 9.17) is 14.6 Å². The van der Waals surface area contributed by atoms with Crippen LogP contribution in [-0.4, -0.2) is 43.9 Å². The average molecular weight is 369 g/mol. The molecule has 1 saturated heterocycles. The standard InChI is InChI=1S/C21H23NO5/c1-26-19-12-17(21(24)25)5-6-18(19)15-3-2-4-16(11-15)20(23)22-13-14-7-9-27-10-8-14/h2-6,11-12,14H,7-10,13H2,1H3,(H,22,23)(H,24,25). The van der Waals surface area contributed by atoms with Gasteiger partial charge in [-0.05, 0) is 54.7 Å². The number of benzene rings is 2. The minimum Gasteiger partial charge on any atom is -0.496 e. The number of ether oxygens (including phenoxy) is 2. The molecule has 0 atom stereocenters. The summed E-state index contributed by atoms with van der Waals surface area (Å²) in [7, 11) is 1.49. The van der Waals surface area contributed by atoms with Crippen LogP contribution in [0.1, 0.15) is 33.6 Å². The van der Waals surface area contributed by atoms with E-state index in [1.165, 1.54) is 19.2 Å². The SMILES string of the molecule is COc1cc(C(=O)O)ccc1-c1cccc(C(=O)NCC2CCOCC2)c1. The fourth-order valence-corrected chi connectivity index (χ4v) is 3.18. The van der Waals surface area contributed by atoms with Crippen molar-refractivity contribution in [2.45, 2.75) is 12.8 Å². The molecule has 27 heavy (non-hydrogen) atoms. The lowest BCUT2D eigenvalue weighted by Gasteiger charge is -2.22. The maximum atomic E-state index is 12.5. The first-order valence-corrected chi connectivity index (χ1v) is 8.96. The normalized spacial score (nSPS) is 14.6. The number of carbonyl (C=O) groups excluding carboxylic acids is 1. The highest BCUT2D eigenvalue weighted by molar-refractivity contribution is 5.96. The third-order valence-corrected chi connectivity index (χ3v) is 4.78. The summed E-state index contributed by atoms with van der Waals surface area (Å²) >= 11 is 0. The Bertz CT molecular complexity index is 827. The summed E-state index contributed by atoms with van der Waals surface area (Å²) in [6.45, 7) is 2.15. The fourth-order valence-electron chi connectivity index (χ4n) is 3.18. The number of methoxy groups -OCH3 is 1. The average Bonchev–Trinajstić information content (AvgIpc) is 2.72. The zero-order chi connectivity index (χ0) is 19.2. The van der Waals surface area contributed by atoms with Crippen molar-refractivity contribution in [2.75, 3.05) is 26.9 Å². The first-order valence-electron chi connectivity index (χ1n) is 8.96. The molecule has 0 radical (unpaired) electrons. The Labute approximate surface area is 158 Å². The van der Waals surface area contributed by atoms with Crippen molar-refractivity contribution in [1.82, 2.24) is 5.32 Å². The molecule has 0 spiro atoms. The van der Waals surface area contributed by atoms with Crippen molar-refractivity contribution in [3.8, 4) is 16.9 Å². The number of carboxylic acid groups (broad SMARTS) is 1. The van der Waals surface area contributed by atoms with Crippen molar-refractivity contribution in [1.29, 1.82) is 0 Å². The Morgan fingerprint density at radius 2 is 1.93 bits per heavy atom. The van der Waals surface area contributed by atoms with Crippen LogP contribution in [0.25, 0.3) is 11.1 Å². The van der Waals surface area contributed by atoms with Gasteiger partial charge in [0.15, 0.2) is 0 Å². The van der Waals surface area contributed by atoms with Crippen molar-refractivity contribution >= 4 is 11.9 Å². The molecule has 0 unspecified atom stereocenters. The quantitative estimate of drug-likeness (QED) is 0.817. The molecule has 1 amide bonds. The largest absolute Gasteiger partial charge is 0.496 e. The molecule has 142 valence electrons. The molecule has 1 fully saturated rings. The number of rotatable bonds is 6. The van der Waals surface area contributed by atoms with E-state index in [1.54, 1.807) is 18.2 Å². The summed E-state index contributed by atoms with van der Waals surface area (Å²) in [5.41, 5.74) is 2.24. The van der Waals surface area contributed by atoms with Crippen molar-refractivity contribution in [2.24, 2.45) is 5.92 Å². The monoisotopic (exact) mass is 369 g/mol. The van der Waals surface area contributed by atoms with Crippen LogP contribution < -0.4 is 10.1 Å². The van der Waals surface area contributed by atoms with E-state index >= 15 is 0 Å². The van der Waals surface area contributed by atoms with Crippen LogP contribution in [0.15, 0.2) is 42.5 Å². The van der Waals surface area contributed by atoms with Gasteiger partial charge in [0, 0.05) is 30.9 Å². The molecule has 3 rings (SSSR count). The number of amides is 1. The van der Waals surface area contributed by atoms with Gasteiger partial charge in [0.05, 0.1) is 12.7 Å². The Balaban J connectivity index is 1.76. The Morgan fingerprint density at radius 1 is 1.15 bits per heavy atom. The van der Waals surface area contributed by atoms with Crippen molar-refractivity contribution in [3.63, 3.8) is 0 Å². The zero-order valence-electron chi connectivity index (χ0n) is 15.2. The molecule has 0 aliphatic carbocycles. The lowest BCUT2D eigenvalue weighted by Crippen LogP contribution is -2.32. The van der Waals surface area contributed by atoms with Crippen LogP contribution in [-0.2, 0) is 4.74 Å². The summed E-state index contributed by atoms with van der Waals surface area (Å²) < 4.78 is 10.7. The highest BCUT2D eigenvalue weighted by Crippen LogP contribution is 2.31. The van der Waals surface area contributed by atoms with Gasteiger partial charge in [-0.25, -0.2) is 4.79 Å². The van der Waals surface area contributed by atoms with Crippen LogP contribution in [0, 0.1) is 5.92 Å². The van der Waals surface area contributed by atoms with Gasteiger partial charge in [-0.3, -0.25) is 4.79 Å². The zero-order valence-corrected chi connectivity index (χ0v) is 15.2. The Morgan fingerprint density at radius 3 is 2.63 bits per heavy atom. The fraction of sp³-hybridized carbons (Fsp3) is 0.333. The lowest BCUT2D eigenvalue weighted by molar-refractivity contribution is 0.0642. The molecule has 1 aliphatic heterocycles. The molecule has 1 heterocycles. The highest BCUT2D eigenvalue weighted by Gasteiger charge is 2.16. The molecule has 0 bridgehead atoms. The maximum absolute atomic E-state index is 12.5. The first kappa shape index (κ1) is 18.9. The third kappa shape index (κ3) is 4.65. The lowest BCUT2D eigenvalue weighted by atomic mass is 9.99. The maximum Gasteiger partial charge on any atom is 0.335 e. The van der Waals surface area contributed by atoms with Crippen LogP contribution >= 0.6 is 0 Å². The second-order valence-electron chi connectivity index (χ2n) is 6.57. The van der Waals surface area contributed by atoms with Crippen molar-refractivity contribution in [3.05, 3.63) is 53.6 Å². The molecule has 2 aromatic carbocycles. The summed E-state index contributed by atoms with van der Waals surface area (Å²) in [5, 5.41) is 12.1. The molecular formula is C21H23NO5. The molecular weight excluding hydrogens is 346 g/mol. The van der Waals surface area contributed by atoms with E-state index in [2.05, 4.69) is 5.32 Å². The highest BCUT2D eigenvalue weighted by atomic mass is 16.5. The van der Waals surface area contributed by atoms with E-state index in [0.29, 0.717) is 23.8 Å². The molecule has 0 saturated carbocycles. The summed E-state index contributed by atoms with van der Waals surface area (Å²) in [6, 6.07) is 11.9. The van der Waals surface area contributed by atoms with Gasteiger partial charge >= 0.3 is 5.97 Å². The summed E-state index contributed by atoms with van der Waals surface area (Å²) in [6.07, 6.45) is 1.93. The Kier molecular flexibility index (Phi) is 6.08. The molecule has 2 N–H and O–H groups in total. The molecule has 2 aromatic rings. The minimum atomic E-state index is -1.01. The number of aromatic carboxylic acids is 1. The summed E-state index contributed by atoms with van der Waals surface area (Å²) in [5.74, 6) is -0.227. The number of carboxylic acids is 1. The van der Waals surface area contributed by atoms with Crippen LogP contribution in [0.5, 0.6) is 5.75 Å². The molecule has 6 nitrogen and oxygen atoms in total. The number of nitrogens with one attached hydrogen (secondary N) is 1. The van der Waals surface area contributed by atoms with E-state index in [9.17, 15) is 9.59 Å². The molecule has 0 aromatic heterocycles. The van der Waals surface area contributed by atoms with Crippen LogP contribution in [0.2, 0.25) is 0 Å². The van der Waals surface area contributed by atoms with Crippen molar-refractivity contribution < 1.29 is 24.2 Å².